The zero-order chi connectivity index (χ0) is 20.1. The molecular weight excluding hydrogens is 374 g/mol. The van der Waals surface area contributed by atoms with Gasteiger partial charge in [-0.25, -0.2) is 0 Å². The highest BCUT2D eigenvalue weighted by Gasteiger charge is 2.15. The largest absolute Gasteiger partial charge is 0.489 e. The van der Waals surface area contributed by atoms with Gasteiger partial charge in [-0.15, -0.1) is 0 Å². The Morgan fingerprint density at radius 1 is 1.18 bits per heavy atom. The van der Waals surface area contributed by atoms with Crippen LogP contribution in [0.15, 0.2) is 54.6 Å². The molecule has 0 aliphatic rings. The van der Waals surface area contributed by atoms with Gasteiger partial charge in [0.05, 0.1) is 6.54 Å². The van der Waals surface area contributed by atoms with Crippen LogP contribution in [0, 0.1) is 6.92 Å². The fourth-order valence-corrected chi connectivity index (χ4v) is 3.02. The third kappa shape index (κ3) is 5.14. The van der Waals surface area contributed by atoms with E-state index in [2.05, 4.69) is 10.4 Å². The molecule has 146 valence electrons. The summed E-state index contributed by atoms with van der Waals surface area (Å²) in [6.07, 6.45) is 0. The van der Waals surface area contributed by atoms with Crippen LogP contribution >= 0.6 is 11.6 Å². The molecule has 0 saturated heterocycles. The van der Waals surface area contributed by atoms with Crippen molar-refractivity contribution in [2.24, 2.45) is 0 Å². The van der Waals surface area contributed by atoms with Crippen molar-refractivity contribution < 1.29 is 9.53 Å². The molecule has 5 nitrogen and oxygen atoms in total. The smallest absolute Gasteiger partial charge is 0.271 e. The van der Waals surface area contributed by atoms with Crippen LogP contribution in [0.5, 0.6) is 5.75 Å². The van der Waals surface area contributed by atoms with Crippen molar-refractivity contribution in [3.63, 3.8) is 0 Å². The number of aryl methyl sites for hydroxylation is 1. The lowest BCUT2D eigenvalue weighted by atomic mass is 10.2. The van der Waals surface area contributed by atoms with Crippen molar-refractivity contribution in [1.29, 1.82) is 0 Å². The molecule has 1 N–H and O–H groups in total. The molecule has 0 saturated carbocycles. The average Bonchev–Trinajstić information content (AvgIpc) is 3.02. The van der Waals surface area contributed by atoms with Crippen LogP contribution < -0.4 is 10.1 Å². The zero-order valence-electron chi connectivity index (χ0n) is 16.3. The molecule has 1 aromatic heterocycles. The normalized spacial score (nSPS) is 10.9. The number of carbonyl (C=O) groups excluding carboxylic acids is 1. The van der Waals surface area contributed by atoms with Crippen LogP contribution in [0.25, 0.3) is 0 Å². The van der Waals surface area contributed by atoms with E-state index in [1.165, 1.54) is 0 Å². The zero-order valence-corrected chi connectivity index (χ0v) is 17.0. The Hall–Kier alpha value is -2.79. The van der Waals surface area contributed by atoms with Crippen molar-refractivity contribution in [2.75, 3.05) is 0 Å². The van der Waals surface area contributed by atoms with Crippen molar-refractivity contribution in [3.8, 4) is 5.75 Å². The molecule has 0 bridgehead atoms. The molecular formula is C22H24ClN3O2. The third-order valence-corrected chi connectivity index (χ3v) is 4.45. The number of benzene rings is 2. The van der Waals surface area contributed by atoms with Gasteiger partial charge in [-0.3, -0.25) is 9.48 Å². The number of hydrogen-bond acceptors (Lipinski definition) is 3. The summed E-state index contributed by atoms with van der Waals surface area (Å²) in [5.74, 6) is 0.569. The van der Waals surface area contributed by atoms with Crippen molar-refractivity contribution in [3.05, 3.63) is 82.1 Å². The minimum Gasteiger partial charge on any atom is -0.489 e. The van der Waals surface area contributed by atoms with Gasteiger partial charge in [0.1, 0.15) is 18.1 Å². The van der Waals surface area contributed by atoms with E-state index >= 15 is 0 Å². The van der Waals surface area contributed by atoms with Gasteiger partial charge < -0.3 is 10.1 Å². The molecule has 3 rings (SSSR count). The van der Waals surface area contributed by atoms with Gasteiger partial charge in [0.25, 0.3) is 5.91 Å². The molecule has 1 heterocycles. The molecule has 3 aromatic rings. The predicted octanol–water partition coefficient (Wildman–Crippen LogP) is 4.61. The molecule has 2 aromatic carbocycles. The van der Waals surface area contributed by atoms with Gasteiger partial charge in [0.2, 0.25) is 0 Å². The number of hydrogen-bond donors (Lipinski definition) is 1. The summed E-state index contributed by atoms with van der Waals surface area (Å²) in [6.45, 7) is 6.70. The molecule has 0 aliphatic heterocycles. The molecule has 0 radical (unpaired) electrons. The van der Waals surface area contributed by atoms with Gasteiger partial charge in [-0.2, -0.15) is 5.10 Å². The Morgan fingerprint density at radius 2 is 1.93 bits per heavy atom. The molecule has 6 heteroatoms. The van der Waals surface area contributed by atoms with E-state index in [0.717, 1.165) is 22.6 Å². The summed E-state index contributed by atoms with van der Waals surface area (Å²) >= 11 is 6.20. The van der Waals surface area contributed by atoms with Gasteiger partial charge in [-0.05, 0) is 50.6 Å². The predicted molar refractivity (Wildman–Crippen MR) is 111 cm³/mol. The van der Waals surface area contributed by atoms with Crippen LogP contribution in [-0.4, -0.2) is 21.7 Å². The highest BCUT2D eigenvalue weighted by atomic mass is 35.5. The lowest BCUT2D eigenvalue weighted by Gasteiger charge is -2.13. The second kappa shape index (κ2) is 8.93. The van der Waals surface area contributed by atoms with E-state index in [1.807, 2.05) is 69.3 Å². The molecule has 0 unspecified atom stereocenters. The van der Waals surface area contributed by atoms with E-state index < -0.39 is 0 Å². The lowest BCUT2D eigenvalue weighted by Crippen LogP contribution is -2.30. The summed E-state index contributed by atoms with van der Waals surface area (Å²) in [5.41, 5.74) is 3.29. The first-order chi connectivity index (χ1) is 13.4. The molecule has 0 atom stereocenters. The van der Waals surface area contributed by atoms with Crippen molar-refractivity contribution in [1.82, 2.24) is 15.1 Å². The maximum Gasteiger partial charge on any atom is 0.271 e. The first-order valence-corrected chi connectivity index (χ1v) is 9.60. The number of nitrogens with zero attached hydrogens (tertiary/aromatic N) is 2. The number of aromatic nitrogens is 2. The Kier molecular flexibility index (Phi) is 6.37. The van der Waals surface area contributed by atoms with Gasteiger partial charge >= 0.3 is 0 Å². The fourth-order valence-electron chi connectivity index (χ4n) is 2.83. The standard InChI is InChI=1S/C22H24ClN3O2/c1-15(2)24-22(27)20-11-16(3)26(25-20)13-18-12-19(23)9-10-21(18)28-14-17-7-5-4-6-8-17/h4-12,15H,13-14H2,1-3H3,(H,24,27). The Labute approximate surface area is 170 Å². The van der Waals surface area contributed by atoms with Crippen LogP contribution in [-0.2, 0) is 13.2 Å². The van der Waals surface area contributed by atoms with Crippen LogP contribution in [0.1, 0.15) is 41.2 Å². The molecule has 0 aliphatic carbocycles. The van der Waals surface area contributed by atoms with Gasteiger partial charge in [-0.1, -0.05) is 41.9 Å². The van der Waals surface area contributed by atoms with Gasteiger partial charge in [0, 0.05) is 22.3 Å². The molecule has 1 amide bonds. The highest BCUT2D eigenvalue weighted by molar-refractivity contribution is 6.30. The van der Waals surface area contributed by atoms with Crippen molar-refractivity contribution >= 4 is 17.5 Å². The summed E-state index contributed by atoms with van der Waals surface area (Å²) in [6, 6.07) is 17.4. The first kappa shape index (κ1) is 20.0. The Bertz CT molecular complexity index is 952. The average molecular weight is 398 g/mol. The van der Waals surface area contributed by atoms with Crippen LogP contribution in [0.3, 0.4) is 0 Å². The number of halogens is 1. The Balaban J connectivity index is 1.79. The van der Waals surface area contributed by atoms with E-state index in [1.54, 1.807) is 10.7 Å². The van der Waals surface area contributed by atoms with Gasteiger partial charge in [0.15, 0.2) is 0 Å². The highest BCUT2D eigenvalue weighted by Crippen LogP contribution is 2.25. The maximum absolute atomic E-state index is 12.2. The van der Waals surface area contributed by atoms with E-state index in [-0.39, 0.29) is 11.9 Å². The number of carbonyl (C=O) groups is 1. The second-order valence-corrected chi connectivity index (χ2v) is 7.42. The number of ether oxygens (including phenoxy) is 1. The number of rotatable bonds is 7. The van der Waals surface area contributed by atoms with Crippen molar-refractivity contribution in [2.45, 2.75) is 40.0 Å². The molecule has 28 heavy (non-hydrogen) atoms. The summed E-state index contributed by atoms with van der Waals surface area (Å²) in [7, 11) is 0. The second-order valence-electron chi connectivity index (χ2n) is 6.98. The number of nitrogens with one attached hydrogen (secondary N) is 1. The third-order valence-electron chi connectivity index (χ3n) is 4.21. The van der Waals surface area contributed by atoms with E-state index in [9.17, 15) is 4.79 Å². The summed E-state index contributed by atoms with van der Waals surface area (Å²) in [5, 5.41) is 7.94. The summed E-state index contributed by atoms with van der Waals surface area (Å²) in [4.78, 5) is 12.2. The fraction of sp³-hybridized carbons (Fsp3) is 0.273. The van der Waals surface area contributed by atoms with Crippen LogP contribution in [0.4, 0.5) is 0 Å². The topological polar surface area (TPSA) is 56.2 Å². The first-order valence-electron chi connectivity index (χ1n) is 9.23. The monoisotopic (exact) mass is 397 g/mol. The minimum absolute atomic E-state index is 0.0591. The SMILES string of the molecule is Cc1cc(C(=O)NC(C)C)nn1Cc1cc(Cl)ccc1OCc1ccccc1. The minimum atomic E-state index is -0.177. The lowest BCUT2D eigenvalue weighted by molar-refractivity contribution is 0.0937. The molecule has 0 fully saturated rings. The Morgan fingerprint density at radius 3 is 2.64 bits per heavy atom. The van der Waals surface area contributed by atoms with Crippen LogP contribution in [0.2, 0.25) is 5.02 Å². The quantitative estimate of drug-likeness (QED) is 0.633. The maximum atomic E-state index is 12.2. The summed E-state index contributed by atoms with van der Waals surface area (Å²) < 4.78 is 7.81. The van der Waals surface area contributed by atoms with E-state index in [0.29, 0.717) is 23.9 Å². The van der Waals surface area contributed by atoms with E-state index in [4.69, 9.17) is 16.3 Å². The molecule has 0 spiro atoms. The number of amides is 1.